The van der Waals surface area contributed by atoms with Crippen molar-refractivity contribution in [1.29, 1.82) is 0 Å². The minimum absolute atomic E-state index is 0.0202. The smallest absolute Gasteiger partial charge is 0.305 e. The highest BCUT2D eigenvalue weighted by Gasteiger charge is 2.22. The molecule has 0 saturated carbocycles. The Morgan fingerprint density at radius 2 is 1.90 bits per heavy atom. The number of nitrogens with zero attached hydrogens (tertiary/aromatic N) is 1. The maximum Gasteiger partial charge on any atom is 0.305 e. The van der Waals surface area contributed by atoms with Crippen molar-refractivity contribution in [3.8, 4) is 5.69 Å². The van der Waals surface area contributed by atoms with E-state index in [9.17, 15) is 23.9 Å². The van der Waals surface area contributed by atoms with Crippen molar-refractivity contribution >= 4 is 11.9 Å². The average molecular weight is 397 g/mol. The molecule has 0 aliphatic rings. The molecule has 3 aromatic rings. The Balaban J connectivity index is 1.92. The van der Waals surface area contributed by atoms with E-state index < -0.39 is 29.3 Å². The van der Waals surface area contributed by atoms with Gasteiger partial charge in [-0.1, -0.05) is 35.9 Å². The van der Waals surface area contributed by atoms with E-state index in [-0.39, 0.29) is 17.8 Å². The number of carbonyl (C=O) groups excluding carboxylic acids is 1. The fourth-order valence-corrected chi connectivity index (χ4v) is 3.11. The van der Waals surface area contributed by atoms with E-state index in [1.807, 2.05) is 32.0 Å². The van der Waals surface area contributed by atoms with E-state index in [0.29, 0.717) is 5.56 Å². The maximum atomic E-state index is 14.0. The third kappa shape index (κ3) is 4.43. The highest BCUT2D eigenvalue weighted by Crippen LogP contribution is 2.23. The second-order valence-corrected chi connectivity index (χ2v) is 6.78. The van der Waals surface area contributed by atoms with Gasteiger partial charge < -0.3 is 10.4 Å². The molecule has 1 unspecified atom stereocenters. The standard InChI is InChI=1S/C21H20FN3O4/c1-12-7-8-13(2)14(9-12)16(11-20(27)28)23-21(29)17-10-19(26)25(24-17)18-6-4-3-5-15(18)22/h3-10,16,24H,11H2,1-2H3,(H,23,29)(H,27,28). The molecule has 150 valence electrons. The predicted octanol–water partition coefficient (Wildman–Crippen LogP) is 2.87. The highest BCUT2D eigenvalue weighted by molar-refractivity contribution is 5.92. The maximum absolute atomic E-state index is 14.0. The van der Waals surface area contributed by atoms with Crippen LogP contribution in [0.25, 0.3) is 5.69 Å². The molecule has 0 fully saturated rings. The average Bonchev–Trinajstić information content (AvgIpc) is 3.05. The Labute approximate surface area is 165 Å². The first-order chi connectivity index (χ1) is 13.8. The largest absolute Gasteiger partial charge is 0.481 e. The Hall–Kier alpha value is -3.68. The van der Waals surface area contributed by atoms with Crippen molar-refractivity contribution in [1.82, 2.24) is 15.1 Å². The number of aryl methyl sites for hydroxylation is 2. The lowest BCUT2D eigenvalue weighted by atomic mass is 9.96. The summed E-state index contributed by atoms with van der Waals surface area (Å²) < 4.78 is 14.9. The number of para-hydroxylation sites is 1. The zero-order valence-electron chi connectivity index (χ0n) is 15.9. The molecule has 0 aliphatic carbocycles. The third-order valence-corrected chi connectivity index (χ3v) is 4.55. The van der Waals surface area contributed by atoms with E-state index in [4.69, 9.17) is 0 Å². The molecule has 1 amide bonds. The number of nitrogens with one attached hydrogen (secondary N) is 2. The number of hydrogen-bond donors (Lipinski definition) is 3. The Kier molecular flexibility index (Phi) is 5.63. The van der Waals surface area contributed by atoms with Gasteiger partial charge in [0.2, 0.25) is 0 Å². The number of hydrogen-bond acceptors (Lipinski definition) is 3. The van der Waals surface area contributed by atoms with Crippen LogP contribution in [0.5, 0.6) is 0 Å². The van der Waals surface area contributed by atoms with Crippen LogP contribution in [0.4, 0.5) is 4.39 Å². The van der Waals surface area contributed by atoms with Crippen molar-refractivity contribution in [2.45, 2.75) is 26.3 Å². The zero-order chi connectivity index (χ0) is 21.1. The van der Waals surface area contributed by atoms with Gasteiger partial charge in [-0.15, -0.1) is 0 Å². The summed E-state index contributed by atoms with van der Waals surface area (Å²) in [6.45, 7) is 3.70. The highest BCUT2D eigenvalue weighted by atomic mass is 19.1. The molecule has 0 aliphatic heterocycles. The topological polar surface area (TPSA) is 104 Å². The van der Waals surface area contributed by atoms with Gasteiger partial charge in [-0.3, -0.25) is 19.5 Å². The van der Waals surface area contributed by atoms with Gasteiger partial charge >= 0.3 is 5.97 Å². The number of benzene rings is 2. The Morgan fingerprint density at radius 1 is 1.17 bits per heavy atom. The van der Waals surface area contributed by atoms with E-state index in [2.05, 4.69) is 10.4 Å². The van der Waals surface area contributed by atoms with E-state index in [1.165, 1.54) is 18.2 Å². The Bertz CT molecular complexity index is 1130. The van der Waals surface area contributed by atoms with E-state index in [0.717, 1.165) is 21.9 Å². The molecule has 8 heteroatoms. The molecular formula is C21H20FN3O4. The molecule has 1 atom stereocenters. The van der Waals surface area contributed by atoms with Crippen molar-refractivity contribution in [3.05, 3.63) is 87.1 Å². The number of H-pyrrole nitrogens is 1. The summed E-state index contributed by atoms with van der Waals surface area (Å²) in [5.41, 5.74) is 1.71. The summed E-state index contributed by atoms with van der Waals surface area (Å²) >= 11 is 0. The van der Waals surface area contributed by atoms with Gasteiger partial charge in [-0.25, -0.2) is 9.07 Å². The number of carbonyl (C=O) groups is 2. The molecule has 1 heterocycles. The summed E-state index contributed by atoms with van der Waals surface area (Å²) in [6.07, 6.45) is -0.325. The van der Waals surface area contributed by atoms with E-state index in [1.54, 1.807) is 6.07 Å². The minimum Gasteiger partial charge on any atom is -0.481 e. The molecule has 0 saturated heterocycles. The summed E-state index contributed by atoms with van der Waals surface area (Å²) in [7, 11) is 0. The van der Waals surface area contributed by atoms with Gasteiger partial charge in [0.1, 0.15) is 17.2 Å². The summed E-state index contributed by atoms with van der Waals surface area (Å²) in [6, 6.07) is 11.5. The van der Waals surface area contributed by atoms with Crippen LogP contribution in [-0.4, -0.2) is 26.8 Å². The lowest BCUT2D eigenvalue weighted by Gasteiger charge is -2.19. The van der Waals surface area contributed by atoms with Crippen LogP contribution in [0.15, 0.2) is 53.3 Å². The van der Waals surface area contributed by atoms with E-state index >= 15 is 0 Å². The molecule has 0 spiro atoms. The van der Waals surface area contributed by atoms with Crippen molar-refractivity contribution in [2.24, 2.45) is 0 Å². The Morgan fingerprint density at radius 3 is 2.59 bits per heavy atom. The van der Waals surface area contributed by atoms with Crippen LogP contribution in [0.3, 0.4) is 0 Å². The van der Waals surface area contributed by atoms with Gasteiger partial charge in [0.15, 0.2) is 0 Å². The number of halogens is 1. The van der Waals surface area contributed by atoms with Gasteiger partial charge in [-0.05, 0) is 37.1 Å². The third-order valence-electron chi connectivity index (χ3n) is 4.55. The number of carboxylic acids is 1. The number of rotatable bonds is 6. The quantitative estimate of drug-likeness (QED) is 0.595. The first-order valence-electron chi connectivity index (χ1n) is 8.93. The van der Waals surface area contributed by atoms with Gasteiger partial charge in [0.05, 0.1) is 12.5 Å². The van der Waals surface area contributed by atoms with Crippen molar-refractivity contribution in [2.75, 3.05) is 0 Å². The predicted molar refractivity (Wildman–Crippen MR) is 105 cm³/mol. The van der Waals surface area contributed by atoms with Crippen molar-refractivity contribution in [3.63, 3.8) is 0 Å². The number of aromatic nitrogens is 2. The second kappa shape index (κ2) is 8.14. The number of aliphatic carboxylic acids is 1. The van der Waals surface area contributed by atoms with Crippen LogP contribution in [0.2, 0.25) is 0 Å². The molecular weight excluding hydrogens is 377 g/mol. The summed E-state index contributed by atoms with van der Waals surface area (Å²) in [5, 5.41) is 14.5. The lowest BCUT2D eigenvalue weighted by molar-refractivity contribution is -0.137. The molecule has 0 bridgehead atoms. The van der Waals surface area contributed by atoms with Crippen LogP contribution >= 0.6 is 0 Å². The normalized spacial score (nSPS) is 11.8. The minimum atomic E-state index is -1.08. The molecule has 3 N–H and O–H groups in total. The van der Waals surface area contributed by atoms with Crippen LogP contribution in [0.1, 0.15) is 39.6 Å². The van der Waals surface area contributed by atoms with Crippen LogP contribution in [0, 0.1) is 19.7 Å². The molecule has 0 radical (unpaired) electrons. The second-order valence-electron chi connectivity index (χ2n) is 6.78. The lowest BCUT2D eigenvalue weighted by Crippen LogP contribution is -2.31. The zero-order valence-corrected chi connectivity index (χ0v) is 15.9. The monoisotopic (exact) mass is 397 g/mol. The molecule has 7 nitrogen and oxygen atoms in total. The fourth-order valence-electron chi connectivity index (χ4n) is 3.11. The number of aromatic amines is 1. The fraction of sp³-hybridized carbons (Fsp3) is 0.190. The van der Waals surface area contributed by atoms with Gasteiger partial charge in [0, 0.05) is 6.07 Å². The molecule has 1 aromatic heterocycles. The molecule has 3 rings (SSSR count). The van der Waals surface area contributed by atoms with Crippen LogP contribution < -0.4 is 10.9 Å². The SMILES string of the molecule is Cc1ccc(C)c(C(CC(=O)O)NC(=O)c2cc(=O)n(-c3ccccc3F)[nH]2)c1. The van der Waals surface area contributed by atoms with Crippen molar-refractivity contribution < 1.29 is 19.1 Å². The molecule has 2 aromatic carbocycles. The molecule has 29 heavy (non-hydrogen) atoms. The van der Waals surface area contributed by atoms with Gasteiger partial charge in [-0.2, -0.15) is 0 Å². The summed E-state index contributed by atoms with van der Waals surface area (Å²) in [4.78, 5) is 36.3. The van der Waals surface area contributed by atoms with Gasteiger partial charge in [0.25, 0.3) is 11.5 Å². The first-order valence-corrected chi connectivity index (χ1v) is 8.93. The summed E-state index contributed by atoms with van der Waals surface area (Å²) in [5.74, 6) is -2.36. The van der Waals surface area contributed by atoms with Crippen LogP contribution in [-0.2, 0) is 4.79 Å². The number of carboxylic acid groups (broad SMARTS) is 1. The number of amides is 1. The first kappa shape index (κ1) is 20.1.